The van der Waals surface area contributed by atoms with Gasteiger partial charge < -0.3 is 5.11 Å². The minimum Gasteiger partial charge on any atom is -0.395 e. The molecule has 1 aromatic rings. The molecule has 1 N–H and O–H groups in total. The zero-order valence-electron chi connectivity index (χ0n) is 8.52. The average Bonchev–Trinajstić information content (AvgIpc) is 2.22. The lowest BCUT2D eigenvalue weighted by Gasteiger charge is -2.16. The highest BCUT2D eigenvalue weighted by molar-refractivity contribution is 7.89. The molecule has 1 rings (SSSR count). The Morgan fingerprint density at radius 3 is 2.56 bits per heavy atom. The zero-order valence-corrected chi connectivity index (χ0v) is 10.8. The third-order valence-electron chi connectivity index (χ3n) is 2.00. The first kappa shape index (κ1) is 13.7. The number of aliphatic hydroxyl groups excluding tert-OH is 1. The number of sulfonamides is 1. The van der Waals surface area contributed by atoms with E-state index in [0.29, 0.717) is 5.02 Å². The van der Waals surface area contributed by atoms with Crippen LogP contribution in [0.2, 0.25) is 10.0 Å². The molecule has 4 nitrogen and oxygen atoms in total. The predicted molar refractivity (Wildman–Crippen MR) is 63.4 cm³/mol. The maximum absolute atomic E-state index is 12.0. The second-order valence-electron chi connectivity index (χ2n) is 3.12. The van der Waals surface area contributed by atoms with Crippen LogP contribution in [0.3, 0.4) is 0 Å². The first-order valence-electron chi connectivity index (χ1n) is 4.42. The highest BCUT2D eigenvalue weighted by Crippen LogP contribution is 2.26. The molecular weight excluding hydrogens is 273 g/mol. The molecule has 1 aromatic carbocycles. The number of halogens is 2. The van der Waals surface area contributed by atoms with Gasteiger partial charge in [0.25, 0.3) is 0 Å². The number of likely N-dealkylation sites (N-methyl/N-ethyl adjacent to an activating group) is 1. The molecule has 0 aliphatic carbocycles. The second kappa shape index (κ2) is 5.33. The van der Waals surface area contributed by atoms with E-state index in [9.17, 15) is 8.42 Å². The summed E-state index contributed by atoms with van der Waals surface area (Å²) in [5.74, 6) is 0. The predicted octanol–water partition coefficient (Wildman–Crippen LogP) is 1.61. The van der Waals surface area contributed by atoms with Crippen LogP contribution in [-0.2, 0) is 10.0 Å². The van der Waals surface area contributed by atoms with Crippen molar-refractivity contribution in [3.8, 4) is 0 Å². The van der Waals surface area contributed by atoms with Crippen molar-refractivity contribution in [2.75, 3.05) is 20.2 Å². The Morgan fingerprint density at radius 1 is 1.38 bits per heavy atom. The van der Waals surface area contributed by atoms with Crippen molar-refractivity contribution in [2.24, 2.45) is 0 Å². The van der Waals surface area contributed by atoms with E-state index in [1.807, 2.05) is 0 Å². The van der Waals surface area contributed by atoms with E-state index in [1.54, 1.807) is 0 Å². The molecule has 7 heteroatoms. The monoisotopic (exact) mass is 283 g/mol. The molecule has 0 aliphatic rings. The normalized spacial score (nSPS) is 12.1. The Bertz CT molecular complexity index is 476. The lowest BCUT2D eigenvalue weighted by atomic mass is 10.4. The molecular formula is C9H11Cl2NO3S. The topological polar surface area (TPSA) is 57.6 Å². The minimum atomic E-state index is -3.70. The summed E-state index contributed by atoms with van der Waals surface area (Å²) < 4.78 is 25.0. The Labute approximate surface area is 104 Å². The van der Waals surface area contributed by atoms with Crippen LogP contribution in [0.5, 0.6) is 0 Å². The van der Waals surface area contributed by atoms with Gasteiger partial charge in [0, 0.05) is 18.6 Å². The zero-order chi connectivity index (χ0) is 12.3. The second-order valence-corrected chi connectivity index (χ2v) is 5.98. The Kier molecular flexibility index (Phi) is 4.58. The number of hydrogen-bond acceptors (Lipinski definition) is 3. The number of rotatable bonds is 4. The standard InChI is InChI=1S/C9H11Cl2NO3S/c1-12(4-5-13)16(14,15)9-6-7(10)2-3-8(9)11/h2-3,6,13H,4-5H2,1H3. The smallest absolute Gasteiger partial charge is 0.244 e. The summed E-state index contributed by atoms with van der Waals surface area (Å²) in [6.07, 6.45) is 0. The molecule has 0 aromatic heterocycles. The molecule has 0 atom stereocenters. The van der Waals surface area contributed by atoms with Gasteiger partial charge in [0.05, 0.1) is 11.6 Å². The van der Waals surface area contributed by atoms with E-state index in [0.717, 1.165) is 4.31 Å². The first-order valence-corrected chi connectivity index (χ1v) is 6.61. The molecule has 0 saturated heterocycles. The van der Waals surface area contributed by atoms with Crippen LogP contribution in [0, 0.1) is 0 Å². The van der Waals surface area contributed by atoms with Gasteiger partial charge >= 0.3 is 0 Å². The van der Waals surface area contributed by atoms with E-state index < -0.39 is 10.0 Å². The van der Waals surface area contributed by atoms with Crippen LogP contribution in [0.15, 0.2) is 23.1 Å². The van der Waals surface area contributed by atoms with Gasteiger partial charge in [-0.05, 0) is 18.2 Å². The molecule has 0 heterocycles. The lowest BCUT2D eigenvalue weighted by Crippen LogP contribution is -2.29. The van der Waals surface area contributed by atoms with Crippen molar-refractivity contribution >= 4 is 33.2 Å². The summed E-state index contributed by atoms with van der Waals surface area (Å²) in [6, 6.07) is 4.21. The minimum absolute atomic E-state index is 0.00513. The molecule has 0 fully saturated rings. The van der Waals surface area contributed by atoms with Crippen molar-refractivity contribution in [3.63, 3.8) is 0 Å². The van der Waals surface area contributed by atoms with Gasteiger partial charge in [-0.2, -0.15) is 4.31 Å². The maximum Gasteiger partial charge on any atom is 0.244 e. The number of nitrogens with zero attached hydrogens (tertiary/aromatic N) is 1. The molecule has 0 bridgehead atoms. The number of aliphatic hydroxyl groups is 1. The summed E-state index contributed by atoms with van der Waals surface area (Å²) in [6.45, 7) is -0.251. The van der Waals surface area contributed by atoms with Crippen molar-refractivity contribution < 1.29 is 13.5 Å². The third kappa shape index (κ3) is 2.87. The van der Waals surface area contributed by atoms with Gasteiger partial charge in [-0.25, -0.2) is 8.42 Å². The average molecular weight is 284 g/mol. The van der Waals surface area contributed by atoms with Crippen LogP contribution in [-0.4, -0.2) is 38.0 Å². The van der Waals surface area contributed by atoms with Crippen molar-refractivity contribution in [1.82, 2.24) is 4.31 Å². The van der Waals surface area contributed by atoms with Crippen molar-refractivity contribution in [1.29, 1.82) is 0 Å². The quantitative estimate of drug-likeness (QED) is 0.913. The maximum atomic E-state index is 12.0. The fraction of sp³-hybridized carbons (Fsp3) is 0.333. The molecule has 0 saturated carbocycles. The molecule has 0 aliphatic heterocycles. The van der Waals surface area contributed by atoms with Crippen LogP contribution < -0.4 is 0 Å². The lowest BCUT2D eigenvalue weighted by molar-refractivity contribution is 0.266. The Hall–Kier alpha value is -0.330. The summed E-state index contributed by atoms with van der Waals surface area (Å²) in [5, 5.41) is 9.10. The van der Waals surface area contributed by atoms with Crippen molar-refractivity contribution in [3.05, 3.63) is 28.2 Å². The molecule has 90 valence electrons. The third-order valence-corrected chi connectivity index (χ3v) is 4.57. The summed E-state index contributed by atoms with van der Waals surface area (Å²) in [7, 11) is -2.33. The highest BCUT2D eigenvalue weighted by atomic mass is 35.5. The number of benzene rings is 1. The fourth-order valence-electron chi connectivity index (χ4n) is 1.10. The van der Waals surface area contributed by atoms with Crippen LogP contribution >= 0.6 is 23.2 Å². The molecule has 0 amide bonds. The first-order chi connectivity index (χ1) is 7.39. The van der Waals surface area contributed by atoms with Crippen LogP contribution in [0.1, 0.15) is 0 Å². The van der Waals surface area contributed by atoms with Gasteiger partial charge in [0.2, 0.25) is 10.0 Å². The summed E-state index contributed by atoms with van der Waals surface area (Å²) in [4.78, 5) is -0.0578. The van der Waals surface area contributed by atoms with Gasteiger partial charge in [0.1, 0.15) is 4.90 Å². The van der Waals surface area contributed by atoms with Crippen molar-refractivity contribution in [2.45, 2.75) is 4.90 Å². The van der Waals surface area contributed by atoms with Gasteiger partial charge in [-0.1, -0.05) is 23.2 Å². The van der Waals surface area contributed by atoms with Gasteiger partial charge in [-0.15, -0.1) is 0 Å². The van der Waals surface area contributed by atoms with E-state index in [2.05, 4.69) is 0 Å². The van der Waals surface area contributed by atoms with E-state index in [4.69, 9.17) is 28.3 Å². The largest absolute Gasteiger partial charge is 0.395 e. The van der Waals surface area contributed by atoms with E-state index >= 15 is 0 Å². The van der Waals surface area contributed by atoms with Crippen LogP contribution in [0.4, 0.5) is 0 Å². The number of hydrogen-bond donors (Lipinski definition) is 1. The van der Waals surface area contributed by atoms with Gasteiger partial charge in [0.15, 0.2) is 0 Å². The SMILES string of the molecule is CN(CCO)S(=O)(=O)c1cc(Cl)ccc1Cl. The summed E-state index contributed by atoms with van der Waals surface area (Å²) >= 11 is 11.5. The van der Waals surface area contributed by atoms with Gasteiger partial charge in [-0.3, -0.25) is 0 Å². The molecule has 16 heavy (non-hydrogen) atoms. The van der Waals surface area contributed by atoms with E-state index in [1.165, 1.54) is 25.2 Å². The van der Waals surface area contributed by atoms with Crippen LogP contribution in [0.25, 0.3) is 0 Å². The summed E-state index contributed by atoms with van der Waals surface area (Å²) in [5.41, 5.74) is 0. The Balaban J connectivity index is 3.21. The molecule has 0 spiro atoms. The molecule has 0 unspecified atom stereocenters. The van der Waals surface area contributed by atoms with E-state index in [-0.39, 0.29) is 23.1 Å². The molecule has 0 radical (unpaired) electrons. The highest BCUT2D eigenvalue weighted by Gasteiger charge is 2.23. The fourth-order valence-corrected chi connectivity index (χ4v) is 3.00. The Morgan fingerprint density at radius 2 is 2.00 bits per heavy atom.